The number of hydrogen-bond donors (Lipinski definition) is 0. The van der Waals surface area contributed by atoms with Crippen LogP contribution in [0.3, 0.4) is 0 Å². The number of furan rings is 1. The van der Waals surface area contributed by atoms with Gasteiger partial charge in [0.25, 0.3) is 5.91 Å². The molecule has 0 unspecified atom stereocenters. The topological polar surface area (TPSA) is 63.0 Å². The van der Waals surface area contributed by atoms with E-state index in [9.17, 15) is 9.59 Å². The Morgan fingerprint density at radius 1 is 1.08 bits per heavy atom. The lowest BCUT2D eigenvalue weighted by atomic mass is 10.2. The van der Waals surface area contributed by atoms with Crippen LogP contribution in [-0.2, 0) is 11.3 Å². The number of amides is 1. The van der Waals surface area contributed by atoms with Gasteiger partial charge in [0.2, 0.25) is 5.76 Å². The minimum absolute atomic E-state index is 0.0160. The fraction of sp³-hybridized carbons (Fsp3) is 0.333. The second-order valence-electron chi connectivity index (χ2n) is 5.83. The van der Waals surface area contributed by atoms with Gasteiger partial charge in [-0.3, -0.25) is 9.69 Å². The second kappa shape index (κ2) is 7.72. The summed E-state index contributed by atoms with van der Waals surface area (Å²) in [5.74, 6) is 0.443. The van der Waals surface area contributed by atoms with E-state index in [4.69, 9.17) is 16.0 Å². The molecule has 1 fully saturated rings. The third-order valence-corrected chi connectivity index (χ3v) is 4.43. The highest BCUT2D eigenvalue weighted by Gasteiger charge is 2.23. The summed E-state index contributed by atoms with van der Waals surface area (Å²) in [6, 6.07) is 10.3. The number of benzene rings is 1. The van der Waals surface area contributed by atoms with Crippen molar-refractivity contribution in [2.45, 2.75) is 6.54 Å². The van der Waals surface area contributed by atoms with Crippen molar-refractivity contribution in [1.29, 1.82) is 0 Å². The lowest BCUT2D eigenvalue weighted by molar-refractivity contribution is 0.0550. The fourth-order valence-electron chi connectivity index (χ4n) is 2.78. The molecule has 0 spiro atoms. The molecule has 0 atom stereocenters. The van der Waals surface area contributed by atoms with E-state index in [1.807, 2.05) is 4.90 Å². The molecular weight excluding hydrogens is 344 g/mol. The van der Waals surface area contributed by atoms with Gasteiger partial charge in [-0.25, -0.2) is 4.79 Å². The van der Waals surface area contributed by atoms with E-state index in [1.165, 1.54) is 7.11 Å². The lowest BCUT2D eigenvalue weighted by Crippen LogP contribution is -2.48. The van der Waals surface area contributed by atoms with Crippen molar-refractivity contribution in [3.63, 3.8) is 0 Å². The minimum atomic E-state index is -0.482. The molecule has 1 aromatic heterocycles. The summed E-state index contributed by atoms with van der Waals surface area (Å²) in [4.78, 5) is 27.9. The Morgan fingerprint density at radius 3 is 2.40 bits per heavy atom. The highest BCUT2D eigenvalue weighted by Crippen LogP contribution is 2.16. The molecule has 7 heteroatoms. The van der Waals surface area contributed by atoms with Crippen molar-refractivity contribution in [1.82, 2.24) is 9.80 Å². The molecule has 1 aromatic carbocycles. The molecule has 0 N–H and O–H groups in total. The van der Waals surface area contributed by atoms with E-state index >= 15 is 0 Å². The summed E-state index contributed by atoms with van der Waals surface area (Å²) in [5, 5.41) is 0.617. The molecule has 1 aliphatic heterocycles. The Hall–Kier alpha value is -2.31. The van der Waals surface area contributed by atoms with Crippen molar-refractivity contribution in [2.24, 2.45) is 0 Å². The van der Waals surface area contributed by atoms with Gasteiger partial charge in [-0.15, -0.1) is 0 Å². The van der Waals surface area contributed by atoms with Gasteiger partial charge in [0.1, 0.15) is 5.76 Å². The zero-order valence-electron chi connectivity index (χ0n) is 13.9. The summed E-state index contributed by atoms with van der Waals surface area (Å²) < 4.78 is 10.1. The highest BCUT2D eigenvalue weighted by molar-refractivity contribution is 6.30. The number of halogens is 1. The van der Waals surface area contributed by atoms with Crippen LogP contribution < -0.4 is 0 Å². The maximum atomic E-state index is 12.5. The Labute approximate surface area is 150 Å². The smallest absolute Gasteiger partial charge is 0.373 e. The Bertz CT molecular complexity index is 749. The van der Waals surface area contributed by atoms with Gasteiger partial charge in [-0.05, 0) is 36.4 Å². The Balaban J connectivity index is 1.53. The summed E-state index contributed by atoms with van der Waals surface area (Å²) >= 11 is 5.86. The predicted molar refractivity (Wildman–Crippen MR) is 92.7 cm³/mol. The Morgan fingerprint density at radius 2 is 1.76 bits per heavy atom. The van der Waals surface area contributed by atoms with Gasteiger partial charge in [0.15, 0.2) is 0 Å². The first-order chi connectivity index (χ1) is 12.1. The number of carbonyl (C=O) groups excluding carboxylic acids is 2. The summed E-state index contributed by atoms with van der Waals surface area (Å²) in [5.41, 5.74) is 0.645. The molecule has 0 radical (unpaired) electrons. The number of hydrogen-bond acceptors (Lipinski definition) is 5. The predicted octanol–water partition coefficient (Wildman–Crippen LogP) is 2.68. The molecule has 0 bridgehead atoms. The van der Waals surface area contributed by atoms with Crippen LogP contribution in [0.15, 0.2) is 40.8 Å². The standard InChI is InChI=1S/C18H19ClN2O4/c1-24-18(23)16-7-6-15(25-16)12-20-8-10-21(11-9-20)17(22)13-2-4-14(19)5-3-13/h2-7H,8-12H2,1H3. The second-order valence-corrected chi connectivity index (χ2v) is 6.27. The molecule has 1 aliphatic rings. The molecule has 3 rings (SSSR count). The SMILES string of the molecule is COC(=O)c1ccc(CN2CCN(C(=O)c3ccc(Cl)cc3)CC2)o1. The van der Waals surface area contributed by atoms with E-state index in [2.05, 4.69) is 9.64 Å². The quantitative estimate of drug-likeness (QED) is 0.782. The van der Waals surface area contributed by atoms with Crippen molar-refractivity contribution < 1.29 is 18.7 Å². The summed E-state index contributed by atoms with van der Waals surface area (Å²) in [6.45, 7) is 3.37. The van der Waals surface area contributed by atoms with E-state index in [-0.39, 0.29) is 11.7 Å². The molecule has 1 saturated heterocycles. The Kier molecular flexibility index (Phi) is 5.40. The van der Waals surface area contributed by atoms with Gasteiger partial charge in [-0.2, -0.15) is 0 Å². The molecular formula is C18H19ClN2O4. The van der Waals surface area contributed by atoms with Crippen LogP contribution in [0.5, 0.6) is 0 Å². The van der Waals surface area contributed by atoms with Crippen molar-refractivity contribution in [2.75, 3.05) is 33.3 Å². The average Bonchev–Trinajstić information content (AvgIpc) is 3.10. The fourth-order valence-corrected chi connectivity index (χ4v) is 2.90. The van der Waals surface area contributed by atoms with Crippen molar-refractivity contribution in [3.8, 4) is 0 Å². The number of rotatable bonds is 4. The van der Waals surface area contributed by atoms with E-state index < -0.39 is 5.97 Å². The number of methoxy groups -OCH3 is 1. The zero-order valence-corrected chi connectivity index (χ0v) is 14.7. The molecule has 25 heavy (non-hydrogen) atoms. The normalized spacial score (nSPS) is 15.2. The maximum absolute atomic E-state index is 12.5. The van der Waals surface area contributed by atoms with Crippen LogP contribution in [0.1, 0.15) is 26.7 Å². The van der Waals surface area contributed by atoms with Gasteiger partial charge >= 0.3 is 5.97 Å². The van der Waals surface area contributed by atoms with Crippen LogP contribution in [0.2, 0.25) is 5.02 Å². The van der Waals surface area contributed by atoms with Gasteiger partial charge in [0, 0.05) is 36.8 Å². The zero-order chi connectivity index (χ0) is 17.8. The van der Waals surface area contributed by atoms with Gasteiger partial charge in [-0.1, -0.05) is 11.6 Å². The first kappa shape index (κ1) is 17.5. The average molecular weight is 363 g/mol. The number of carbonyl (C=O) groups is 2. The van der Waals surface area contributed by atoms with Crippen molar-refractivity contribution >= 4 is 23.5 Å². The molecule has 132 valence electrons. The maximum Gasteiger partial charge on any atom is 0.373 e. The van der Waals surface area contributed by atoms with Gasteiger partial charge < -0.3 is 14.1 Å². The molecule has 6 nitrogen and oxygen atoms in total. The lowest BCUT2D eigenvalue weighted by Gasteiger charge is -2.34. The largest absolute Gasteiger partial charge is 0.463 e. The van der Waals surface area contributed by atoms with E-state index in [0.717, 1.165) is 13.1 Å². The third kappa shape index (κ3) is 4.21. The van der Waals surface area contributed by atoms with Crippen LogP contribution in [0, 0.1) is 0 Å². The number of esters is 1. The van der Waals surface area contributed by atoms with Gasteiger partial charge in [0.05, 0.1) is 13.7 Å². The monoisotopic (exact) mass is 362 g/mol. The molecule has 2 aromatic rings. The number of ether oxygens (including phenoxy) is 1. The first-order valence-electron chi connectivity index (χ1n) is 8.01. The summed E-state index contributed by atoms with van der Waals surface area (Å²) in [7, 11) is 1.32. The van der Waals surface area contributed by atoms with Crippen LogP contribution >= 0.6 is 11.6 Å². The van der Waals surface area contributed by atoms with Crippen molar-refractivity contribution in [3.05, 3.63) is 58.5 Å². The number of nitrogens with zero attached hydrogens (tertiary/aromatic N) is 2. The molecule has 0 saturated carbocycles. The molecule has 0 aliphatic carbocycles. The van der Waals surface area contributed by atoms with E-state index in [0.29, 0.717) is 36.0 Å². The highest BCUT2D eigenvalue weighted by atomic mass is 35.5. The first-order valence-corrected chi connectivity index (χ1v) is 8.39. The van der Waals surface area contributed by atoms with E-state index in [1.54, 1.807) is 36.4 Å². The summed E-state index contributed by atoms with van der Waals surface area (Å²) in [6.07, 6.45) is 0. The minimum Gasteiger partial charge on any atom is -0.463 e. The van der Waals surface area contributed by atoms with Crippen LogP contribution in [-0.4, -0.2) is 55.0 Å². The van der Waals surface area contributed by atoms with Crippen LogP contribution in [0.4, 0.5) is 0 Å². The molecule has 2 heterocycles. The van der Waals surface area contributed by atoms with Crippen LogP contribution in [0.25, 0.3) is 0 Å². The third-order valence-electron chi connectivity index (χ3n) is 4.18. The number of piperazine rings is 1. The molecule has 1 amide bonds.